The van der Waals surface area contributed by atoms with Gasteiger partial charge < -0.3 is 9.80 Å². The van der Waals surface area contributed by atoms with Gasteiger partial charge in [0.1, 0.15) is 0 Å². The second-order valence-corrected chi connectivity index (χ2v) is 15.9. The average molecular weight is 704 g/mol. The molecule has 4 aliphatic heterocycles. The van der Waals surface area contributed by atoms with Gasteiger partial charge in [0.25, 0.3) is 0 Å². The maximum atomic E-state index is 2.56. The molecule has 4 heterocycles. The quantitative estimate of drug-likeness (QED) is 0.131. The molecule has 10 aromatic rings. The third-order valence-corrected chi connectivity index (χ3v) is 13.4. The molecule has 14 rings (SSSR count). The van der Waals surface area contributed by atoms with Gasteiger partial charge in [-0.2, -0.15) is 0 Å². The molecular weight excluding hydrogens is 674 g/mol. The first-order chi connectivity index (χ1) is 27.8. The summed E-state index contributed by atoms with van der Waals surface area (Å²) in [4.78, 5) is 5.11. The van der Waals surface area contributed by atoms with Crippen LogP contribution in [0.2, 0.25) is 0 Å². The lowest BCUT2D eigenvalue weighted by Crippen LogP contribution is -2.55. The van der Waals surface area contributed by atoms with Crippen molar-refractivity contribution >= 4 is 113 Å². The van der Waals surface area contributed by atoms with Crippen molar-refractivity contribution < 1.29 is 0 Å². The Hall–Kier alpha value is -7.03. The zero-order valence-corrected chi connectivity index (χ0v) is 30.4. The highest BCUT2D eigenvalue weighted by Crippen LogP contribution is 2.50. The molecule has 0 bridgehead atoms. The molecule has 254 valence electrons. The van der Waals surface area contributed by atoms with Crippen LogP contribution >= 0.6 is 0 Å². The number of hydrogen-bond donors (Lipinski definition) is 0. The van der Waals surface area contributed by atoms with E-state index in [9.17, 15) is 0 Å². The summed E-state index contributed by atoms with van der Waals surface area (Å²) < 4.78 is 0. The molecule has 0 aromatic heterocycles. The van der Waals surface area contributed by atoms with Gasteiger partial charge in [0, 0.05) is 44.9 Å². The standard InChI is InChI=1S/C52H30B2N2/c1-3-13-33(14-4-1)55-45-23-11-19-37-35-17-7-9-21-41(35)53(49(37)45)43-29-31-26-28-40-48-32(25-27-39(47(31)48)51(43)55)30-44-52(40)56(34-15-5-2-6-16-34)46-24-12-20-38-36-18-8-10-22-42(36)54(44)50(38)46/h1-30H. The Morgan fingerprint density at radius 3 is 1.20 bits per heavy atom. The van der Waals surface area contributed by atoms with Crippen LogP contribution in [-0.4, -0.2) is 13.4 Å². The highest BCUT2D eigenvalue weighted by atomic mass is 15.2. The van der Waals surface area contributed by atoms with Crippen LogP contribution in [0.1, 0.15) is 0 Å². The molecular formula is C52H30B2N2. The third-order valence-electron chi connectivity index (χ3n) is 13.4. The van der Waals surface area contributed by atoms with E-state index in [1.165, 1.54) is 121 Å². The highest BCUT2D eigenvalue weighted by molar-refractivity contribution is 7.02. The van der Waals surface area contributed by atoms with Crippen LogP contribution in [0, 0.1) is 0 Å². The first-order valence-electron chi connectivity index (χ1n) is 19.8. The second kappa shape index (κ2) is 10.4. The summed E-state index contributed by atoms with van der Waals surface area (Å²) in [6.07, 6.45) is 0. The SMILES string of the molecule is c1ccc(N2c3cccc4c3B(c3ccccc3-4)c3cc4ccc5c6c(cc7ccc(c32)c4c75)B2c3ccccc3-c3cccc(c32)N6c2ccccc2)cc1. The van der Waals surface area contributed by atoms with Gasteiger partial charge in [0.05, 0.1) is 0 Å². The van der Waals surface area contributed by atoms with Crippen LogP contribution in [0.25, 0.3) is 54.6 Å². The lowest BCUT2D eigenvalue weighted by Gasteiger charge is -2.38. The van der Waals surface area contributed by atoms with Crippen molar-refractivity contribution in [2.45, 2.75) is 0 Å². The van der Waals surface area contributed by atoms with Gasteiger partial charge in [-0.25, -0.2) is 0 Å². The maximum absolute atomic E-state index is 2.56. The molecule has 0 fully saturated rings. The number of nitrogens with zero attached hydrogens (tertiary/aromatic N) is 2. The van der Waals surface area contributed by atoms with E-state index < -0.39 is 0 Å². The summed E-state index contributed by atoms with van der Waals surface area (Å²) >= 11 is 0. The van der Waals surface area contributed by atoms with Crippen molar-refractivity contribution in [3.05, 3.63) is 182 Å². The van der Waals surface area contributed by atoms with E-state index in [0.717, 1.165) is 0 Å². The summed E-state index contributed by atoms with van der Waals surface area (Å²) in [7, 11) is 0. The van der Waals surface area contributed by atoms with Gasteiger partial charge in [-0.3, -0.25) is 0 Å². The van der Waals surface area contributed by atoms with Crippen LogP contribution in [0.4, 0.5) is 34.1 Å². The first kappa shape index (κ1) is 29.3. The molecule has 0 N–H and O–H groups in total. The number of fused-ring (bicyclic) bond motifs is 12. The van der Waals surface area contributed by atoms with Crippen molar-refractivity contribution in [2.75, 3.05) is 9.80 Å². The molecule has 56 heavy (non-hydrogen) atoms. The number of para-hydroxylation sites is 2. The van der Waals surface area contributed by atoms with E-state index in [0.29, 0.717) is 0 Å². The topological polar surface area (TPSA) is 6.48 Å². The number of anilines is 6. The molecule has 0 saturated carbocycles. The van der Waals surface area contributed by atoms with E-state index in [1.54, 1.807) is 0 Å². The summed E-state index contributed by atoms with van der Waals surface area (Å²) in [5, 5.41) is 7.88. The fourth-order valence-electron chi connectivity index (χ4n) is 11.4. The maximum Gasteiger partial charge on any atom is 0.248 e. The number of benzene rings is 10. The van der Waals surface area contributed by atoms with Crippen LogP contribution in [0.3, 0.4) is 0 Å². The average Bonchev–Trinajstić information content (AvgIpc) is 3.79. The Kier molecular flexibility index (Phi) is 5.44. The van der Waals surface area contributed by atoms with E-state index in [-0.39, 0.29) is 13.4 Å². The minimum Gasteiger partial charge on any atom is -0.311 e. The van der Waals surface area contributed by atoms with Crippen LogP contribution in [0.15, 0.2) is 182 Å². The summed E-state index contributed by atoms with van der Waals surface area (Å²) in [6, 6.07) is 68.7. The molecule has 4 aliphatic rings. The van der Waals surface area contributed by atoms with Crippen molar-refractivity contribution in [1.82, 2.24) is 0 Å². The second-order valence-electron chi connectivity index (χ2n) is 15.9. The van der Waals surface area contributed by atoms with Gasteiger partial charge in [0.15, 0.2) is 0 Å². The lowest BCUT2D eigenvalue weighted by atomic mass is 9.36. The molecule has 0 unspecified atom stereocenters. The Morgan fingerprint density at radius 2 is 0.732 bits per heavy atom. The van der Waals surface area contributed by atoms with Crippen molar-refractivity contribution in [2.24, 2.45) is 0 Å². The number of hydrogen-bond acceptors (Lipinski definition) is 2. The molecule has 0 saturated heterocycles. The fourth-order valence-corrected chi connectivity index (χ4v) is 11.4. The largest absolute Gasteiger partial charge is 0.311 e. The summed E-state index contributed by atoms with van der Waals surface area (Å²) in [5.74, 6) is 0. The molecule has 0 radical (unpaired) electrons. The van der Waals surface area contributed by atoms with E-state index in [1.807, 2.05) is 0 Å². The predicted octanol–water partition coefficient (Wildman–Crippen LogP) is 9.14. The van der Waals surface area contributed by atoms with Gasteiger partial charge in [-0.1, -0.05) is 157 Å². The van der Waals surface area contributed by atoms with Crippen molar-refractivity contribution in [3.63, 3.8) is 0 Å². The smallest absolute Gasteiger partial charge is 0.248 e. The Bertz CT molecular complexity index is 3110. The van der Waals surface area contributed by atoms with E-state index >= 15 is 0 Å². The van der Waals surface area contributed by atoms with Gasteiger partial charge in [-0.15, -0.1) is 0 Å². The Labute approximate surface area is 325 Å². The Morgan fingerprint density at radius 1 is 0.321 bits per heavy atom. The van der Waals surface area contributed by atoms with Crippen molar-refractivity contribution in [1.29, 1.82) is 0 Å². The summed E-state index contributed by atoms with van der Waals surface area (Å²) in [6.45, 7) is 0.340. The number of rotatable bonds is 2. The fraction of sp³-hybridized carbons (Fsp3) is 0. The molecule has 2 nitrogen and oxygen atoms in total. The van der Waals surface area contributed by atoms with E-state index in [4.69, 9.17) is 0 Å². The van der Waals surface area contributed by atoms with Gasteiger partial charge in [-0.05, 0) is 102 Å². The highest BCUT2D eigenvalue weighted by Gasteiger charge is 2.45. The lowest BCUT2D eigenvalue weighted by molar-refractivity contribution is 1.31. The van der Waals surface area contributed by atoms with Gasteiger partial charge in [0.2, 0.25) is 13.4 Å². The molecule has 10 aromatic carbocycles. The van der Waals surface area contributed by atoms with Crippen molar-refractivity contribution in [3.8, 4) is 22.3 Å². The molecule has 0 spiro atoms. The van der Waals surface area contributed by atoms with Crippen LogP contribution < -0.4 is 42.6 Å². The monoisotopic (exact) mass is 704 g/mol. The zero-order chi connectivity index (χ0) is 36.2. The first-order valence-corrected chi connectivity index (χ1v) is 19.8. The normalized spacial score (nSPS) is 13.9. The van der Waals surface area contributed by atoms with Gasteiger partial charge >= 0.3 is 0 Å². The molecule has 0 aliphatic carbocycles. The van der Waals surface area contributed by atoms with E-state index in [2.05, 4.69) is 192 Å². The molecule has 0 atom stereocenters. The minimum absolute atomic E-state index is 0.170. The Balaban J connectivity index is 1.12. The molecule has 4 heteroatoms. The predicted molar refractivity (Wildman–Crippen MR) is 240 cm³/mol. The van der Waals surface area contributed by atoms with Crippen LogP contribution in [-0.2, 0) is 0 Å². The zero-order valence-electron chi connectivity index (χ0n) is 30.4. The molecule has 0 amide bonds. The minimum atomic E-state index is 0.170. The third kappa shape index (κ3) is 3.48. The van der Waals surface area contributed by atoms with Crippen LogP contribution in [0.5, 0.6) is 0 Å². The summed E-state index contributed by atoms with van der Waals surface area (Å²) in [5.41, 5.74) is 21.3.